The number of carbonyl (C=O) groups excluding carboxylic acids is 2. The van der Waals surface area contributed by atoms with E-state index in [4.69, 9.17) is 0 Å². The largest absolute Gasteiger partial charge is 0.395 e. The van der Waals surface area contributed by atoms with Crippen molar-refractivity contribution in [3.8, 4) is 0 Å². The van der Waals surface area contributed by atoms with E-state index >= 15 is 0 Å². The molecule has 2 saturated heterocycles. The summed E-state index contributed by atoms with van der Waals surface area (Å²) < 4.78 is 1.97. The number of aromatic nitrogens is 1. The summed E-state index contributed by atoms with van der Waals surface area (Å²) in [7, 11) is 1.93. The monoisotopic (exact) mass is 369 g/mol. The number of carbonyl (C=O) groups is 2. The number of amides is 2. The molecule has 144 valence electrons. The van der Waals surface area contributed by atoms with E-state index in [1.54, 1.807) is 4.90 Å². The molecule has 2 aliphatic rings. The fourth-order valence-electron chi connectivity index (χ4n) is 4.90. The van der Waals surface area contributed by atoms with Gasteiger partial charge in [0.1, 0.15) is 5.69 Å². The number of piperidine rings is 1. The molecule has 1 aromatic heterocycles. The van der Waals surface area contributed by atoms with Crippen molar-refractivity contribution in [1.82, 2.24) is 14.4 Å². The van der Waals surface area contributed by atoms with Crippen LogP contribution < -0.4 is 0 Å². The molecule has 6 nitrogen and oxygen atoms in total. The Balaban J connectivity index is 1.59. The number of nitrogens with zero attached hydrogens (tertiary/aromatic N) is 3. The molecule has 0 unspecified atom stereocenters. The molecule has 4 rings (SSSR count). The number of aliphatic hydroxyl groups is 1. The predicted octanol–water partition coefficient (Wildman–Crippen LogP) is 1.93. The van der Waals surface area contributed by atoms with Crippen molar-refractivity contribution in [3.63, 3.8) is 0 Å². The topological polar surface area (TPSA) is 65.8 Å². The summed E-state index contributed by atoms with van der Waals surface area (Å²) >= 11 is 0. The van der Waals surface area contributed by atoms with Crippen LogP contribution in [0.3, 0.4) is 0 Å². The van der Waals surface area contributed by atoms with Crippen LogP contribution in [0.2, 0.25) is 0 Å². The van der Waals surface area contributed by atoms with Gasteiger partial charge in [0.2, 0.25) is 5.91 Å². The van der Waals surface area contributed by atoms with Crippen molar-refractivity contribution in [1.29, 1.82) is 0 Å². The van der Waals surface area contributed by atoms with E-state index in [0.717, 1.165) is 29.3 Å². The van der Waals surface area contributed by atoms with Crippen molar-refractivity contribution < 1.29 is 14.7 Å². The molecule has 1 aromatic carbocycles. The summed E-state index contributed by atoms with van der Waals surface area (Å²) in [6.07, 6.45) is 2.47. The van der Waals surface area contributed by atoms with Crippen molar-refractivity contribution in [2.75, 3.05) is 32.8 Å². The SMILES string of the molecule is Cc1cccc2cc(C(=O)N3CC[C@@]4(CCCN(CCO)C4=O)C3)n(C)c12. The lowest BCUT2D eigenvalue weighted by Crippen LogP contribution is -2.51. The first-order valence-electron chi connectivity index (χ1n) is 9.71. The average Bonchev–Trinajstić information content (AvgIpc) is 3.22. The van der Waals surface area contributed by atoms with Crippen molar-refractivity contribution in [3.05, 3.63) is 35.5 Å². The molecule has 0 radical (unpaired) electrons. The second-order valence-electron chi connectivity index (χ2n) is 7.98. The maximum absolute atomic E-state index is 13.2. The lowest BCUT2D eigenvalue weighted by molar-refractivity contribution is -0.146. The minimum absolute atomic E-state index is 0.00273. The van der Waals surface area contributed by atoms with E-state index < -0.39 is 5.41 Å². The maximum Gasteiger partial charge on any atom is 0.270 e. The van der Waals surface area contributed by atoms with Crippen molar-refractivity contribution >= 4 is 22.7 Å². The zero-order valence-corrected chi connectivity index (χ0v) is 16.1. The fraction of sp³-hybridized carbons (Fsp3) is 0.524. The molecule has 6 heteroatoms. The van der Waals surface area contributed by atoms with Gasteiger partial charge in [-0.25, -0.2) is 0 Å². The highest BCUT2D eigenvalue weighted by Gasteiger charge is 2.49. The van der Waals surface area contributed by atoms with Crippen LogP contribution in [0.4, 0.5) is 0 Å². The van der Waals surface area contributed by atoms with E-state index in [9.17, 15) is 14.7 Å². The zero-order chi connectivity index (χ0) is 19.2. The van der Waals surface area contributed by atoms with Gasteiger partial charge in [0.15, 0.2) is 0 Å². The number of likely N-dealkylation sites (tertiary alicyclic amines) is 2. The van der Waals surface area contributed by atoms with Gasteiger partial charge >= 0.3 is 0 Å². The van der Waals surface area contributed by atoms with E-state index in [0.29, 0.717) is 38.3 Å². The highest BCUT2D eigenvalue weighted by molar-refractivity contribution is 6.00. The first-order valence-corrected chi connectivity index (χ1v) is 9.71. The van der Waals surface area contributed by atoms with Crippen LogP contribution in [0.15, 0.2) is 24.3 Å². The van der Waals surface area contributed by atoms with Gasteiger partial charge in [0.25, 0.3) is 5.91 Å². The molecule has 1 N–H and O–H groups in total. The number of aliphatic hydroxyl groups excluding tert-OH is 1. The molecule has 0 saturated carbocycles. The van der Waals surface area contributed by atoms with Gasteiger partial charge < -0.3 is 19.5 Å². The summed E-state index contributed by atoms with van der Waals surface area (Å²) in [5.41, 5.74) is 2.43. The summed E-state index contributed by atoms with van der Waals surface area (Å²) in [4.78, 5) is 29.8. The lowest BCUT2D eigenvalue weighted by Gasteiger charge is -2.39. The summed E-state index contributed by atoms with van der Waals surface area (Å²) in [6.45, 7) is 4.22. The Hall–Kier alpha value is -2.34. The minimum atomic E-state index is -0.469. The van der Waals surface area contributed by atoms with Crippen molar-refractivity contribution in [2.24, 2.45) is 12.5 Å². The number of hydrogen-bond acceptors (Lipinski definition) is 3. The lowest BCUT2D eigenvalue weighted by atomic mass is 9.78. The Kier molecular flexibility index (Phi) is 4.46. The maximum atomic E-state index is 13.2. The predicted molar refractivity (Wildman–Crippen MR) is 104 cm³/mol. The van der Waals surface area contributed by atoms with Gasteiger partial charge in [-0.15, -0.1) is 0 Å². The number of para-hydroxylation sites is 1. The van der Waals surface area contributed by atoms with Gasteiger partial charge in [-0.05, 0) is 37.8 Å². The van der Waals surface area contributed by atoms with Gasteiger partial charge in [-0.2, -0.15) is 0 Å². The van der Waals surface area contributed by atoms with Crippen LogP contribution in [-0.2, 0) is 11.8 Å². The molecule has 2 aromatic rings. The Bertz CT molecular complexity index is 901. The summed E-state index contributed by atoms with van der Waals surface area (Å²) in [6, 6.07) is 8.05. The number of aryl methyl sites for hydroxylation is 2. The van der Waals surface area contributed by atoms with E-state index in [1.807, 2.05) is 34.7 Å². The van der Waals surface area contributed by atoms with Crippen LogP contribution in [-0.4, -0.2) is 64.1 Å². The van der Waals surface area contributed by atoms with Crippen LogP contribution in [0.25, 0.3) is 10.9 Å². The Morgan fingerprint density at radius 1 is 1.26 bits per heavy atom. The van der Waals surface area contributed by atoms with Gasteiger partial charge in [0, 0.05) is 38.6 Å². The molecular weight excluding hydrogens is 342 g/mol. The summed E-state index contributed by atoms with van der Waals surface area (Å²) in [5, 5.41) is 10.3. The minimum Gasteiger partial charge on any atom is -0.395 e. The van der Waals surface area contributed by atoms with Crippen LogP contribution >= 0.6 is 0 Å². The molecule has 1 atom stereocenters. The average molecular weight is 369 g/mol. The van der Waals surface area contributed by atoms with Crippen LogP contribution in [0, 0.1) is 12.3 Å². The third-order valence-electron chi connectivity index (χ3n) is 6.31. The second-order valence-corrected chi connectivity index (χ2v) is 7.98. The highest BCUT2D eigenvalue weighted by Crippen LogP contribution is 2.40. The Labute approximate surface area is 159 Å². The Morgan fingerprint density at radius 2 is 2.07 bits per heavy atom. The molecule has 27 heavy (non-hydrogen) atoms. The highest BCUT2D eigenvalue weighted by atomic mass is 16.3. The zero-order valence-electron chi connectivity index (χ0n) is 16.1. The molecule has 2 aliphatic heterocycles. The van der Waals surface area contributed by atoms with E-state index in [-0.39, 0.29) is 18.4 Å². The third kappa shape index (κ3) is 2.83. The molecule has 0 aliphatic carbocycles. The first-order chi connectivity index (χ1) is 13.0. The molecule has 2 amide bonds. The van der Waals surface area contributed by atoms with Gasteiger partial charge in [-0.3, -0.25) is 9.59 Å². The third-order valence-corrected chi connectivity index (χ3v) is 6.31. The number of hydrogen-bond donors (Lipinski definition) is 1. The van der Waals surface area contributed by atoms with Crippen molar-refractivity contribution in [2.45, 2.75) is 26.2 Å². The van der Waals surface area contributed by atoms with E-state index in [1.165, 1.54) is 0 Å². The number of β-amino-alcohol motifs (C(OH)–C–C–N with tert-alkyl or cyclic N) is 1. The van der Waals surface area contributed by atoms with E-state index in [2.05, 4.69) is 13.0 Å². The molecular formula is C21H27N3O3. The quantitative estimate of drug-likeness (QED) is 0.899. The second kappa shape index (κ2) is 6.68. The first kappa shape index (κ1) is 18.0. The number of fused-ring (bicyclic) bond motifs is 1. The van der Waals surface area contributed by atoms with Gasteiger partial charge in [0.05, 0.1) is 17.5 Å². The fourth-order valence-corrected chi connectivity index (χ4v) is 4.90. The van der Waals surface area contributed by atoms with Crippen LogP contribution in [0.1, 0.15) is 35.3 Å². The Morgan fingerprint density at radius 3 is 2.81 bits per heavy atom. The number of benzene rings is 1. The van der Waals surface area contributed by atoms with Crippen LogP contribution in [0.5, 0.6) is 0 Å². The summed E-state index contributed by atoms with van der Waals surface area (Å²) in [5.74, 6) is 0.100. The normalized spacial score (nSPS) is 23.0. The molecule has 3 heterocycles. The molecule has 0 bridgehead atoms. The van der Waals surface area contributed by atoms with Gasteiger partial charge in [-0.1, -0.05) is 18.2 Å². The smallest absolute Gasteiger partial charge is 0.270 e. The molecule has 1 spiro atoms. The molecule has 2 fully saturated rings. The standard InChI is InChI=1S/C21H27N3O3/c1-15-5-3-6-16-13-17(22(2)18(15)16)19(26)24-10-8-21(14-24)7-4-9-23(11-12-25)20(21)27/h3,5-6,13,25H,4,7-12,14H2,1-2H3/t21-/m0/s1. The number of rotatable bonds is 3.